The molecule has 0 fully saturated rings. The van der Waals surface area contributed by atoms with Gasteiger partial charge in [0.15, 0.2) is 5.43 Å². The van der Waals surface area contributed by atoms with Crippen LogP contribution in [0.3, 0.4) is 0 Å². The SMILES string of the molecule is CCCCCCOc1ccc(C2c3c(oc4ccc(Br)cc4c3=O)C(=O)N2C)cc1. The molecular formula is C24H24BrNO4. The lowest BCUT2D eigenvalue weighted by atomic mass is 9.99. The van der Waals surface area contributed by atoms with Gasteiger partial charge in [-0.15, -0.1) is 0 Å². The molecule has 1 aliphatic heterocycles. The number of halogens is 1. The van der Waals surface area contributed by atoms with Crippen LogP contribution >= 0.6 is 15.9 Å². The van der Waals surface area contributed by atoms with Gasteiger partial charge < -0.3 is 14.1 Å². The number of unbranched alkanes of at least 4 members (excludes halogenated alkanes) is 3. The molecule has 0 N–H and O–H groups in total. The maximum absolute atomic E-state index is 13.3. The van der Waals surface area contributed by atoms with E-state index in [2.05, 4.69) is 22.9 Å². The van der Waals surface area contributed by atoms with Crippen LogP contribution in [0.2, 0.25) is 0 Å². The molecule has 0 spiro atoms. The van der Waals surface area contributed by atoms with Crippen molar-refractivity contribution < 1.29 is 13.9 Å². The molecule has 0 radical (unpaired) electrons. The zero-order valence-electron chi connectivity index (χ0n) is 17.1. The van der Waals surface area contributed by atoms with Crippen molar-refractivity contribution in [2.45, 2.75) is 38.6 Å². The molecule has 3 aromatic rings. The Bertz CT molecular complexity index is 1140. The molecule has 0 saturated heterocycles. The third-order valence-corrected chi connectivity index (χ3v) is 6.02. The maximum Gasteiger partial charge on any atom is 0.290 e. The predicted molar refractivity (Wildman–Crippen MR) is 120 cm³/mol. The Morgan fingerprint density at radius 2 is 1.83 bits per heavy atom. The minimum absolute atomic E-state index is 0.124. The van der Waals surface area contributed by atoms with Crippen molar-refractivity contribution in [2.75, 3.05) is 13.7 Å². The first-order valence-corrected chi connectivity index (χ1v) is 11.1. The van der Waals surface area contributed by atoms with Crippen molar-refractivity contribution in [3.8, 4) is 5.75 Å². The minimum atomic E-state index is -0.481. The third kappa shape index (κ3) is 3.76. The van der Waals surface area contributed by atoms with Crippen molar-refractivity contribution in [2.24, 2.45) is 0 Å². The summed E-state index contributed by atoms with van der Waals surface area (Å²) in [5.74, 6) is 0.628. The molecular weight excluding hydrogens is 446 g/mol. The summed E-state index contributed by atoms with van der Waals surface area (Å²) in [6.45, 7) is 2.87. The maximum atomic E-state index is 13.3. The molecule has 0 aliphatic carbocycles. The van der Waals surface area contributed by atoms with Crippen LogP contribution in [-0.2, 0) is 0 Å². The molecule has 0 saturated carbocycles. The first kappa shape index (κ1) is 20.7. The van der Waals surface area contributed by atoms with Gasteiger partial charge in [-0.2, -0.15) is 0 Å². The smallest absolute Gasteiger partial charge is 0.290 e. The molecule has 4 rings (SSSR count). The average Bonchev–Trinajstić information content (AvgIpc) is 3.00. The molecule has 156 valence electrons. The lowest BCUT2D eigenvalue weighted by Gasteiger charge is -2.20. The molecule has 6 heteroatoms. The molecule has 1 aromatic heterocycles. The van der Waals surface area contributed by atoms with Crippen molar-refractivity contribution in [1.29, 1.82) is 0 Å². The summed E-state index contributed by atoms with van der Waals surface area (Å²) in [6, 6.07) is 12.4. The van der Waals surface area contributed by atoms with Crippen molar-refractivity contribution in [3.05, 3.63) is 74.0 Å². The van der Waals surface area contributed by atoms with Gasteiger partial charge in [-0.1, -0.05) is 54.2 Å². The fourth-order valence-electron chi connectivity index (χ4n) is 3.92. The molecule has 1 aliphatic rings. The van der Waals surface area contributed by atoms with Crippen LogP contribution < -0.4 is 10.2 Å². The third-order valence-electron chi connectivity index (χ3n) is 5.53. The number of hydrogen-bond acceptors (Lipinski definition) is 4. The highest BCUT2D eigenvalue weighted by Gasteiger charge is 2.40. The number of ether oxygens (including phenoxy) is 1. The van der Waals surface area contributed by atoms with Gasteiger partial charge in [0, 0.05) is 11.5 Å². The molecule has 30 heavy (non-hydrogen) atoms. The normalized spacial score (nSPS) is 15.6. The number of nitrogens with zero attached hydrogens (tertiary/aromatic N) is 1. The minimum Gasteiger partial charge on any atom is -0.494 e. The van der Waals surface area contributed by atoms with E-state index < -0.39 is 6.04 Å². The largest absolute Gasteiger partial charge is 0.494 e. The Morgan fingerprint density at radius 3 is 2.57 bits per heavy atom. The molecule has 1 unspecified atom stereocenters. The lowest BCUT2D eigenvalue weighted by molar-refractivity contribution is 0.0771. The molecule has 1 atom stereocenters. The van der Waals surface area contributed by atoms with E-state index in [9.17, 15) is 9.59 Å². The number of carbonyl (C=O) groups is 1. The van der Waals surface area contributed by atoms with E-state index in [0.29, 0.717) is 23.1 Å². The number of benzene rings is 2. The van der Waals surface area contributed by atoms with Crippen LogP contribution in [0.15, 0.2) is 56.1 Å². The first-order valence-electron chi connectivity index (χ1n) is 10.3. The highest BCUT2D eigenvalue weighted by Crippen LogP contribution is 2.37. The quantitative estimate of drug-likeness (QED) is 0.417. The van der Waals surface area contributed by atoms with Crippen LogP contribution in [0.25, 0.3) is 11.0 Å². The zero-order valence-corrected chi connectivity index (χ0v) is 18.7. The summed E-state index contributed by atoms with van der Waals surface area (Å²) in [4.78, 5) is 27.6. The van der Waals surface area contributed by atoms with Crippen LogP contribution in [0, 0.1) is 0 Å². The second kappa shape index (κ2) is 8.64. The fourth-order valence-corrected chi connectivity index (χ4v) is 4.28. The van der Waals surface area contributed by atoms with Gasteiger partial charge in [0.2, 0.25) is 5.76 Å². The molecule has 1 amide bonds. The van der Waals surface area contributed by atoms with Gasteiger partial charge >= 0.3 is 0 Å². The van der Waals surface area contributed by atoms with Gasteiger partial charge in [0.05, 0.1) is 23.6 Å². The summed E-state index contributed by atoms with van der Waals surface area (Å²) in [6.07, 6.45) is 4.62. The summed E-state index contributed by atoms with van der Waals surface area (Å²) in [5.41, 5.74) is 1.48. The number of rotatable bonds is 7. The van der Waals surface area contributed by atoms with E-state index in [0.717, 1.165) is 22.2 Å². The van der Waals surface area contributed by atoms with Crippen molar-refractivity contribution in [3.63, 3.8) is 0 Å². The Balaban J connectivity index is 1.64. The topological polar surface area (TPSA) is 59.8 Å². The molecule has 0 bridgehead atoms. The van der Waals surface area contributed by atoms with E-state index >= 15 is 0 Å². The summed E-state index contributed by atoms with van der Waals surface area (Å²) < 4.78 is 12.5. The Morgan fingerprint density at radius 1 is 1.07 bits per heavy atom. The highest BCUT2D eigenvalue weighted by atomic mass is 79.9. The Hall–Kier alpha value is -2.60. The summed E-state index contributed by atoms with van der Waals surface area (Å²) >= 11 is 3.40. The van der Waals surface area contributed by atoms with Gasteiger partial charge in [0.1, 0.15) is 11.3 Å². The van der Waals surface area contributed by atoms with E-state index in [1.165, 1.54) is 19.3 Å². The van der Waals surface area contributed by atoms with Crippen molar-refractivity contribution >= 4 is 32.8 Å². The summed E-state index contributed by atoms with van der Waals surface area (Å²) in [7, 11) is 1.70. The zero-order chi connectivity index (χ0) is 21.3. The number of hydrogen-bond donors (Lipinski definition) is 0. The van der Waals surface area contributed by atoms with E-state index in [1.807, 2.05) is 24.3 Å². The van der Waals surface area contributed by atoms with Crippen LogP contribution in [-0.4, -0.2) is 24.5 Å². The summed E-state index contributed by atoms with van der Waals surface area (Å²) in [5, 5.41) is 0.461. The molecule has 5 nitrogen and oxygen atoms in total. The van der Waals surface area contributed by atoms with Gasteiger partial charge in [-0.05, 0) is 42.3 Å². The first-order chi connectivity index (χ1) is 14.5. The van der Waals surface area contributed by atoms with E-state index in [4.69, 9.17) is 9.15 Å². The second-order valence-electron chi connectivity index (χ2n) is 7.61. The van der Waals surface area contributed by atoms with Crippen LogP contribution in [0.5, 0.6) is 5.75 Å². The van der Waals surface area contributed by atoms with Crippen LogP contribution in [0.1, 0.15) is 60.3 Å². The molecule has 2 heterocycles. The number of fused-ring (bicyclic) bond motifs is 2. The molecule has 2 aromatic carbocycles. The van der Waals surface area contributed by atoms with Gasteiger partial charge in [0.25, 0.3) is 5.91 Å². The Labute approximate surface area is 183 Å². The fraction of sp³-hybridized carbons (Fsp3) is 0.333. The van der Waals surface area contributed by atoms with E-state index in [-0.39, 0.29) is 17.1 Å². The van der Waals surface area contributed by atoms with Crippen LogP contribution in [0.4, 0.5) is 0 Å². The van der Waals surface area contributed by atoms with Gasteiger partial charge in [-0.3, -0.25) is 9.59 Å². The Kier molecular flexibility index (Phi) is 5.95. The standard InChI is InChI=1S/C24H24BrNO4/c1-3-4-5-6-13-29-17-10-7-15(8-11-17)21-20-22(27)18-14-16(25)9-12-19(18)30-23(20)24(28)26(21)2/h7-12,14,21H,3-6,13H2,1-2H3. The average molecular weight is 470 g/mol. The van der Waals surface area contributed by atoms with Gasteiger partial charge in [-0.25, -0.2) is 0 Å². The number of carbonyl (C=O) groups excluding carboxylic acids is 1. The highest BCUT2D eigenvalue weighted by molar-refractivity contribution is 9.10. The lowest BCUT2D eigenvalue weighted by Crippen LogP contribution is -2.25. The number of amides is 1. The monoisotopic (exact) mass is 469 g/mol. The second-order valence-corrected chi connectivity index (χ2v) is 8.53. The van der Waals surface area contributed by atoms with E-state index in [1.54, 1.807) is 30.1 Å². The predicted octanol–water partition coefficient (Wildman–Crippen LogP) is 5.69. The van der Waals surface area contributed by atoms with Crippen molar-refractivity contribution in [1.82, 2.24) is 4.90 Å².